The number of amides is 3. The van der Waals surface area contributed by atoms with Crippen molar-refractivity contribution >= 4 is 50.1 Å². The van der Waals surface area contributed by atoms with E-state index < -0.39 is 11.6 Å². The van der Waals surface area contributed by atoms with E-state index in [1.54, 1.807) is 29.2 Å². The number of carbonyl (C=O) groups is 3. The van der Waals surface area contributed by atoms with Gasteiger partial charge >= 0.3 is 0 Å². The molecule has 2 fully saturated rings. The maximum Gasteiger partial charge on any atom is 0.254 e. The fourth-order valence-electron chi connectivity index (χ4n) is 4.01. The molecule has 0 unspecified atom stereocenters. The molecule has 10 heteroatoms. The molecule has 2 saturated heterocycles. The van der Waals surface area contributed by atoms with E-state index in [0.29, 0.717) is 47.3 Å². The average molecular weight is 456 g/mol. The molecule has 32 heavy (non-hydrogen) atoms. The second kappa shape index (κ2) is 7.94. The van der Waals surface area contributed by atoms with Gasteiger partial charge in [0, 0.05) is 50.7 Å². The van der Waals surface area contributed by atoms with E-state index in [1.165, 1.54) is 17.4 Å². The van der Waals surface area contributed by atoms with Crippen LogP contribution in [0.5, 0.6) is 0 Å². The van der Waals surface area contributed by atoms with Crippen molar-refractivity contribution in [1.29, 1.82) is 0 Å². The third-order valence-corrected chi connectivity index (χ3v) is 6.71. The van der Waals surface area contributed by atoms with Crippen LogP contribution in [0.3, 0.4) is 0 Å². The highest BCUT2D eigenvalue weighted by molar-refractivity contribution is 7.22. The maximum absolute atomic E-state index is 14.0. The number of imide groups is 1. The van der Waals surface area contributed by atoms with Crippen LogP contribution in [0.2, 0.25) is 0 Å². The minimum absolute atomic E-state index is 0.146. The maximum atomic E-state index is 14.0. The zero-order chi connectivity index (χ0) is 22.4. The second-order valence-corrected chi connectivity index (χ2v) is 8.69. The fourth-order valence-corrected chi connectivity index (χ4v) is 5.06. The van der Waals surface area contributed by atoms with Crippen LogP contribution < -0.4 is 9.80 Å². The van der Waals surface area contributed by atoms with E-state index in [4.69, 9.17) is 0 Å². The van der Waals surface area contributed by atoms with Crippen molar-refractivity contribution in [2.24, 2.45) is 0 Å². The van der Waals surface area contributed by atoms with Gasteiger partial charge in [-0.15, -0.1) is 0 Å². The van der Waals surface area contributed by atoms with Crippen LogP contribution in [0.4, 0.5) is 19.6 Å². The summed E-state index contributed by atoms with van der Waals surface area (Å²) in [5.41, 5.74) is 0.958. The number of hydrogen-bond donors (Lipinski definition) is 0. The normalized spacial score (nSPS) is 17.0. The standard InChI is InChI=1S/C22H18F2N4O3S/c23-14-11-16(24)20-17(12-14)32-22(25-20)27-8-6-26(7-9-27)21(31)13-2-1-3-15(10-13)28-18(29)4-5-19(28)30/h1-3,10-12H,4-9H2. The smallest absolute Gasteiger partial charge is 0.254 e. The Labute approximate surface area is 185 Å². The van der Waals surface area contributed by atoms with Gasteiger partial charge in [0.25, 0.3) is 5.91 Å². The average Bonchev–Trinajstić information content (AvgIpc) is 3.36. The highest BCUT2D eigenvalue weighted by Crippen LogP contribution is 2.32. The Balaban J connectivity index is 1.29. The molecule has 164 valence electrons. The number of carbonyl (C=O) groups excluding carboxylic acids is 3. The molecule has 3 heterocycles. The van der Waals surface area contributed by atoms with Crippen LogP contribution in [-0.4, -0.2) is 53.8 Å². The number of nitrogens with zero attached hydrogens (tertiary/aromatic N) is 4. The molecule has 0 bridgehead atoms. The van der Waals surface area contributed by atoms with Crippen molar-refractivity contribution in [3.05, 3.63) is 53.6 Å². The number of fused-ring (bicyclic) bond motifs is 1. The first kappa shape index (κ1) is 20.5. The largest absolute Gasteiger partial charge is 0.345 e. The van der Waals surface area contributed by atoms with E-state index >= 15 is 0 Å². The first-order valence-corrected chi connectivity index (χ1v) is 11.0. The number of anilines is 2. The molecule has 0 spiro atoms. The van der Waals surface area contributed by atoms with Gasteiger partial charge in [0.05, 0.1) is 10.4 Å². The van der Waals surface area contributed by atoms with Crippen molar-refractivity contribution in [1.82, 2.24) is 9.88 Å². The SMILES string of the molecule is O=C(c1cccc(N2C(=O)CCC2=O)c1)N1CCN(c2nc3c(F)cc(F)cc3s2)CC1. The van der Waals surface area contributed by atoms with E-state index in [9.17, 15) is 23.2 Å². The Morgan fingerprint density at radius 1 is 0.969 bits per heavy atom. The number of halogens is 2. The minimum Gasteiger partial charge on any atom is -0.345 e. The lowest BCUT2D eigenvalue weighted by Gasteiger charge is -2.34. The molecule has 5 rings (SSSR count). The van der Waals surface area contributed by atoms with Gasteiger partial charge in [0.2, 0.25) is 11.8 Å². The summed E-state index contributed by atoms with van der Waals surface area (Å²) in [5, 5.41) is 0.588. The lowest BCUT2D eigenvalue weighted by molar-refractivity contribution is -0.121. The highest BCUT2D eigenvalue weighted by Gasteiger charge is 2.31. The van der Waals surface area contributed by atoms with Crippen LogP contribution in [0, 0.1) is 11.6 Å². The van der Waals surface area contributed by atoms with E-state index in [2.05, 4.69) is 4.98 Å². The molecule has 0 atom stereocenters. The first-order chi connectivity index (χ1) is 15.4. The van der Waals surface area contributed by atoms with Crippen LogP contribution in [-0.2, 0) is 9.59 Å². The van der Waals surface area contributed by atoms with Crippen LogP contribution in [0.15, 0.2) is 36.4 Å². The van der Waals surface area contributed by atoms with Gasteiger partial charge in [-0.05, 0) is 24.3 Å². The predicted molar refractivity (Wildman–Crippen MR) is 116 cm³/mol. The summed E-state index contributed by atoms with van der Waals surface area (Å²) < 4.78 is 27.9. The predicted octanol–water partition coefficient (Wildman–Crippen LogP) is 3.19. The van der Waals surface area contributed by atoms with E-state index in [0.717, 1.165) is 11.0 Å². The van der Waals surface area contributed by atoms with Crippen molar-refractivity contribution in [3.63, 3.8) is 0 Å². The lowest BCUT2D eigenvalue weighted by Crippen LogP contribution is -2.48. The molecular weight excluding hydrogens is 438 g/mol. The van der Waals surface area contributed by atoms with Gasteiger partial charge in [-0.2, -0.15) is 0 Å². The zero-order valence-electron chi connectivity index (χ0n) is 16.9. The number of aromatic nitrogens is 1. The summed E-state index contributed by atoms with van der Waals surface area (Å²) in [6.45, 7) is 1.85. The number of benzene rings is 2. The van der Waals surface area contributed by atoms with Crippen LogP contribution in [0.25, 0.3) is 10.2 Å². The Bertz CT molecular complexity index is 1240. The topological polar surface area (TPSA) is 73.8 Å². The van der Waals surface area contributed by atoms with Gasteiger partial charge in [-0.25, -0.2) is 13.8 Å². The monoisotopic (exact) mass is 456 g/mol. The van der Waals surface area contributed by atoms with Crippen molar-refractivity contribution in [2.75, 3.05) is 36.0 Å². The first-order valence-electron chi connectivity index (χ1n) is 10.2. The Kier molecular flexibility index (Phi) is 5.09. The van der Waals surface area contributed by atoms with Gasteiger partial charge in [0.1, 0.15) is 11.3 Å². The molecule has 0 aliphatic carbocycles. The van der Waals surface area contributed by atoms with Gasteiger partial charge in [0.15, 0.2) is 10.9 Å². The molecule has 2 aliphatic rings. The van der Waals surface area contributed by atoms with E-state index in [-0.39, 0.29) is 36.1 Å². The molecule has 1 aromatic heterocycles. The molecule has 7 nitrogen and oxygen atoms in total. The second-order valence-electron chi connectivity index (χ2n) is 7.68. The van der Waals surface area contributed by atoms with Crippen molar-refractivity contribution < 1.29 is 23.2 Å². The Hall–Kier alpha value is -3.40. The van der Waals surface area contributed by atoms with Crippen molar-refractivity contribution in [2.45, 2.75) is 12.8 Å². The molecule has 2 aromatic carbocycles. The summed E-state index contributed by atoms with van der Waals surface area (Å²) in [6, 6.07) is 8.62. The lowest BCUT2D eigenvalue weighted by atomic mass is 10.1. The third-order valence-electron chi connectivity index (χ3n) is 5.64. The number of thiazole rings is 1. The fraction of sp³-hybridized carbons (Fsp3) is 0.273. The van der Waals surface area contributed by atoms with Crippen LogP contribution >= 0.6 is 11.3 Å². The van der Waals surface area contributed by atoms with Gasteiger partial charge in [-0.1, -0.05) is 17.4 Å². The molecule has 0 radical (unpaired) electrons. The summed E-state index contributed by atoms with van der Waals surface area (Å²) in [7, 11) is 0. The Morgan fingerprint density at radius 3 is 2.41 bits per heavy atom. The zero-order valence-corrected chi connectivity index (χ0v) is 17.7. The Morgan fingerprint density at radius 2 is 1.69 bits per heavy atom. The van der Waals surface area contributed by atoms with Gasteiger partial charge < -0.3 is 9.80 Å². The summed E-state index contributed by atoms with van der Waals surface area (Å²) >= 11 is 1.22. The third kappa shape index (κ3) is 3.60. The minimum atomic E-state index is -0.689. The quantitative estimate of drug-likeness (QED) is 0.566. The summed E-state index contributed by atoms with van der Waals surface area (Å²) in [6.07, 6.45) is 0.364. The molecule has 0 saturated carbocycles. The summed E-state index contributed by atoms with van der Waals surface area (Å²) in [5.74, 6) is -2.05. The molecule has 2 aliphatic heterocycles. The molecular formula is C22H18F2N4O3S. The molecule has 0 N–H and O–H groups in total. The van der Waals surface area contributed by atoms with Crippen LogP contribution in [0.1, 0.15) is 23.2 Å². The molecule has 3 amide bonds. The van der Waals surface area contributed by atoms with E-state index in [1.807, 2.05) is 4.90 Å². The van der Waals surface area contributed by atoms with Gasteiger partial charge in [-0.3, -0.25) is 19.3 Å². The van der Waals surface area contributed by atoms with Crippen molar-refractivity contribution in [3.8, 4) is 0 Å². The number of hydrogen-bond acceptors (Lipinski definition) is 6. The highest BCUT2D eigenvalue weighted by atomic mass is 32.1. The number of piperazine rings is 1. The molecule has 3 aromatic rings. The summed E-state index contributed by atoms with van der Waals surface area (Å²) in [4.78, 5) is 46.1. The number of rotatable bonds is 3.